The summed E-state index contributed by atoms with van der Waals surface area (Å²) in [4.78, 5) is 12.9. The molecule has 0 amide bonds. The number of Topliss-reactive ketones (excluding diaryl/α,β-unsaturated/α-hetero) is 1. The molecule has 0 bridgehead atoms. The van der Waals surface area contributed by atoms with Crippen LogP contribution in [0.2, 0.25) is 0 Å². The summed E-state index contributed by atoms with van der Waals surface area (Å²) in [6.45, 7) is 4.57. The molecule has 7 atom stereocenters. The van der Waals surface area contributed by atoms with Crippen LogP contribution < -0.4 is 0 Å². The molecule has 3 heteroatoms. The summed E-state index contributed by atoms with van der Waals surface area (Å²) in [6.07, 6.45) is 8.10. The SMILES string of the molecule is C[C@@]12CCC[C@@H]1[C@H]1CC(=O)[C@@]3(O)C[C@@H](O)CC[C@]3(C)[C@@H]1CC2. The fraction of sp³-hybridized carbons (Fsp3) is 0.947. The molecular formula is C19H30O3. The lowest BCUT2D eigenvalue weighted by molar-refractivity contribution is -0.211. The van der Waals surface area contributed by atoms with Crippen molar-refractivity contribution in [3.63, 3.8) is 0 Å². The van der Waals surface area contributed by atoms with Crippen LogP contribution >= 0.6 is 0 Å². The number of hydrogen-bond acceptors (Lipinski definition) is 3. The molecule has 22 heavy (non-hydrogen) atoms. The van der Waals surface area contributed by atoms with Gasteiger partial charge in [0.05, 0.1) is 6.10 Å². The Morgan fingerprint density at radius 3 is 2.59 bits per heavy atom. The molecule has 0 spiro atoms. The first kappa shape index (κ1) is 15.1. The van der Waals surface area contributed by atoms with E-state index in [9.17, 15) is 15.0 Å². The van der Waals surface area contributed by atoms with Crippen LogP contribution in [-0.2, 0) is 4.79 Å². The first-order valence-corrected chi connectivity index (χ1v) is 9.24. The fourth-order valence-electron chi connectivity index (χ4n) is 7.01. The Morgan fingerprint density at radius 2 is 1.82 bits per heavy atom. The van der Waals surface area contributed by atoms with E-state index in [2.05, 4.69) is 13.8 Å². The lowest BCUT2D eigenvalue weighted by atomic mass is 9.43. The highest BCUT2D eigenvalue weighted by atomic mass is 16.3. The predicted molar refractivity (Wildman–Crippen MR) is 84.2 cm³/mol. The minimum absolute atomic E-state index is 0.0196. The van der Waals surface area contributed by atoms with Crippen molar-refractivity contribution in [2.45, 2.75) is 83.3 Å². The average Bonchev–Trinajstić information content (AvgIpc) is 2.84. The summed E-state index contributed by atoms with van der Waals surface area (Å²) in [5, 5.41) is 21.2. The number of rotatable bonds is 0. The number of hydrogen-bond donors (Lipinski definition) is 2. The smallest absolute Gasteiger partial charge is 0.165 e. The van der Waals surface area contributed by atoms with Crippen molar-refractivity contribution in [3.05, 3.63) is 0 Å². The van der Waals surface area contributed by atoms with Gasteiger partial charge >= 0.3 is 0 Å². The summed E-state index contributed by atoms with van der Waals surface area (Å²) in [6, 6.07) is 0. The molecule has 0 aliphatic heterocycles. The van der Waals surface area contributed by atoms with Gasteiger partial charge in [-0.1, -0.05) is 20.3 Å². The predicted octanol–water partition coefficient (Wildman–Crippen LogP) is 3.07. The van der Waals surface area contributed by atoms with Gasteiger partial charge in [0.2, 0.25) is 0 Å². The van der Waals surface area contributed by atoms with E-state index in [0.29, 0.717) is 29.6 Å². The van der Waals surface area contributed by atoms with Crippen LogP contribution in [0, 0.1) is 28.6 Å². The van der Waals surface area contributed by atoms with Crippen LogP contribution in [0.3, 0.4) is 0 Å². The van der Waals surface area contributed by atoms with Crippen molar-refractivity contribution in [1.82, 2.24) is 0 Å². The summed E-state index contributed by atoms with van der Waals surface area (Å²) in [7, 11) is 0. The maximum Gasteiger partial charge on any atom is 0.165 e. The van der Waals surface area contributed by atoms with E-state index in [0.717, 1.165) is 19.3 Å². The van der Waals surface area contributed by atoms with Crippen molar-refractivity contribution >= 4 is 5.78 Å². The number of aliphatic hydroxyl groups excluding tert-OH is 1. The highest BCUT2D eigenvalue weighted by Crippen LogP contribution is 2.66. The molecule has 0 aromatic rings. The van der Waals surface area contributed by atoms with E-state index in [-0.39, 0.29) is 17.6 Å². The zero-order chi connectivity index (χ0) is 15.8. The maximum atomic E-state index is 12.9. The zero-order valence-electron chi connectivity index (χ0n) is 14.0. The van der Waals surface area contributed by atoms with Gasteiger partial charge in [-0.05, 0) is 61.7 Å². The maximum absolute atomic E-state index is 12.9. The molecule has 0 radical (unpaired) electrons. The second kappa shape index (κ2) is 4.57. The standard InChI is InChI=1S/C19H30O3/c1-17-7-3-4-14(17)13-10-16(21)19(22)11-12(20)5-9-18(19,2)15(13)6-8-17/h12-15,20,22H,3-11H2,1-2H3/t12-,13+,14+,15+,17-,18+,19-/m0/s1. The molecule has 3 nitrogen and oxygen atoms in total. The zero-order valence-corrected chi connectivity index (χ0v) is 14.0. The summed E-state index contributed by atoms with van der Waals surface area (Å²) >= 11 is 0. The van der Waals surface area contributed by atoms with Crippen molar-refractivity contribution < 1.29 is 15.0 Å². The van der Waals surface area contributed by atoms with Gasteiger partial charge in [0.1, 0.15) is 5.60 Å². The molecule has 0 unspecified atom stereocenters. The molecule has 0 heterocycles. The van der Waals surface area contributed by atoms with Crippen LogP contribution in [0.15, 0.2) is 0 Å². The lowest BCUT2D eigenvalue weighted by Gasteiger charge is -2.62. The van der Waals surface area contributed by atoms with Gasteiger partial charge in [-0.25, -0.2) is 0 Å². The van der Waals surface area contributed by atoms with Gasteiger partial charge in [0, 0.05) is 18.3 Å². The van der Waals surface area contributed by atoms with E-state index in [4.69, 9.17) is 0 Å². The first-order valence-electron chi connectivity index (χ1n) is 9.24. The molecule has 4 fully saturated rings. The highest BCUT2D eigenvalue weighted by Gasteiger charge is 2.66. The third-order valence-electron chi connectivity index (χ3n) is 8.39. The minimum atomic E-state index is -1.28. The molecule has 0 aromatic heterocycles. The van der Waals surface area contributed by atoms with Gasteiger partial charge in [0.25, 0.3) is 0 Å². The first-order chi connectivity index (χ1) is 10.3. The van der Waals surface area contributed by atoms with Crippen LogP contribution in [0.25, 0.3) is 0 Å². The third-order valence-corrected chi connectivity index (χ3v) is 8.39. The summed E-state index contributed by atoms with van der Waals surface area (Å²) in [5.41, 5.74) is -1.17. The Labute approximate surface area is 133 Å². The summed E-state index contributed by atoms with van der Waals surface area (Å²) < 4.78 is 0. The van der Waals surface area contributed by atoms with Crippen molar-refractivity contribution in [2.75, 3.05) is 0 Å². The van der Waals surface area contributed by atoms with Crippen molar-refractivity contribution in [2.24, 2.45) is 28.6 Å². The topological polar surface area (TPSA) is 57.5 Å². The van der Waals surface area contributed by atoms with Gasteiger partial charge in [-0.3, -0.25) is 4.79 Å². The quantitative estimate of drug-likeness (QED) is 0.723. The molecule has 0 saturated heterocycles. The fourth-order valence-corrected chi connectivity index (χ4v) is 7.01. The van der Waals surface area contributed by atoms with Gasteiger partial charge < -0.3 is 10.2 Å². The Bertz CT molecular complexity index is 503. The minimum Gasteiger partial charge on any atom is -0.393 e. The van der Waals surface area contributed by atoms with E-state index >= 15 is 0 Å². The molecule has 4 aliphatic rings. The second-order valence-electron chi connectivity index (χ2n) is 9.26. The lowest BCUT2D eigenvalue weighted by Crippen LogP contribution is -2.66. The summed E-state index contributed by atoms with van der Waals surface area (Å²) in [5.74, 6) is 1.61. The number of carbonyl (C=O) groups is 1. The molecular weight excluding hydrogens is 276 g/mol. The van der Waals surface area contributed by atoms with E-state index in [1.165, 1.54) is 25.7 Å². The van der Waals surface area contributed by atoms with Crippen LogP contribution in [0.1, 0.15) is 71.6 Å². The normalized spacial score (nSPS) is 57.9. The van der Waals surface area contributed by atoms with Gasteiger partial charge in [-0.2, -0.15) is 0 Å². The molecule has 4 saturated carbocycles. The van der Waals surface area contributed by atoms with Crippen LogP contribution in [-0.4, -0.2) is 27.7 Å². The average molecular weight is 306 g/mol. The number of fused-ring (bicyclic) bond motifs is 5. The number of aliphatic hydroxyl groups is 2. The molecule has 124 valence electrons. The van der Waals surface area contributed by atoms with E-state index in [1.54, 1.807) is 0 Å². The second-order valence-corrected chi connectivity index (χ2v) is 9.26. The van der Waals surface area contributed by atoms with E-state index < -0.39 is 11.7 Å². The molecule has 2 N–H and O–H groups in total. The van der Waals surface area contributed by atoms with Crippen LogP contribution in [0.5, 0.6) is 0 Å². The van der Waals surface area contributed by atoms with E-state index in [1.807, 2.05) is 0 Å². The Kier molecular flexibility index (Phi) is 3.14. The Hall–Kier alpha value is -0.410. The molecule has 4 rings (SSSR count). The largest absolute Gasteiger partial charge is 0.393 e. The molecule has 0 aromatic carbocycles. The monoisotopic (exact) mass is 306 g/mol. The Morgan fingerprint density at radius 1 is 1.05 bits per heavy atom. The number of ketones is 1. The van der Waals surface area contributed by atoms with Crippen molar-refractivity contribution in [1.29, 1.82) is 0 Å². The van der Waals surface area contributed by atoms with Gasteiger partial charge in [-0.15, -0.1) is 0 Å². The van der Waals surface area contributed by atoms with Crippen molar-refractivity contribution in [3.8, 4) is 0 Å². The molecule has 4 aliphatic carbocycles. The third kappa shape index (κ3) is 1.73. The Balaban J connectivity index is 1.73. The van der Waals surface area contributed by atoms with Crippen LogP contribution in [0.4, 0.5) is 0 Å². The highest BCUT2D eigenvalue weighted by molar-refractivity contribution is 5.89. The van der Waals surface area contributed by atoms with Gasteiger partial charge in [0.15, 0.2) is 5.78 Å². The number of carbonyl (C=O) groups excluding carboxylic acids is 1.